The number of nitrogens with zero attached hydrogens (tertiary/aromatic N) is 3. The number of hydrazone groups is 1. The molecule has 1 N–H and O–H groups in total. The van der Waals surface area contributed by atoms with Gasteiger partial charge in [0.25, 0.3) is 0 Å². The maximum atomic E-state index is 11.5. The van der Waals surface area contributed by atoms with E-state index in [0.29, 0.717) is 22.1 Å². The molecule has 0 fully saturated rings. The minimum Gasteiger partial charge on any atom is -0.497 e. The van der Waals surface area contributed by atoms with Gasteiger partial charge in [0.2, 0.25) is 5.13 Å². The SMILES string of the molecule is COc1ccc(C2=NN(c3nc(-c4ccccc4)c(CC(=O)O)s3)[C@@H](c3ccco3)C2)cc1. The summed E-state index contributed by atoms with van der Waals surface area (Å²) in [4.78, 5) is 17.1. The van der Waals surface area contributed by atoms with Crippen molar-refractivity contribution in [1.82, 2.24) is 4.98 Å². The molecule has 0 aliphatic carbocycles. The first kappa shape index (κ1) is 21.0. The first-order valence-corrected chi connectivity index (χ1v) is 11.3. The Morgan fingerprint density at radius 1 is 1.12 bits per heavy atom. The quantitative estimate of drug-likeness (QED) is 0.398. The molecule has 5 rings (SSSR count). The van der Waals surface area contributed by atoms with Gasteiger partial charge >= 0.3 is 5.97 Å². The van der Waals surface area contributed by atoms with Gasteiger partial charge in [0.05, 0.1) is 31.2 Å². The first-order valence-electron chi connectivity index (χ1n) is 10.4. The number of carboxylic acid groups (broad SMARTS) is 1. The van der Waals surface area contributed by atoms with Crippen LogP contribution in [0.3, 0.4) is 0 Å². The van der Waals surface area contributed by atoms with E-state index in [-0.39, 0.29) is 12.5 Å². The zero-order valence-electron chi connectivity index (χ0n) is 17.8. The van der Waals surface area contributed by atoms with Crippen molar-refractivity contribution in [2.45, 2.75) is 18.9 Å². The Morgan fingerprint density at radius 2 is 1.91 bits per heavy atom. The summed E-state index contributed by atoms with van der Waals surface area (Å²) >= 11 is 1.35. The van der Waals surface area contributed by atoms with Gasteiger partial charge in [0.1, 0.15) is 17.6 Å². The Bertz CT molecular complexity index is 1280. The highest BCUT2D eigenvalue weighted by Gasteiger charge is 2.34. The lowest BCUT2D eigenvalue weighted by Crippen LogP contribution is -2.17. The molecular weight excluding hydrogens is 438 g/mol. The minimum atomic E-state index is -0.895. The van der Waals surface area contributed by atoms with E-state index in [9.17, 15) is 9.90 Å². The summed E-state index contributed by atoms with van der Waals surface area (Å²) in [6.07, 6.45) is 2.18. The highest BCUT2D eigenvalue weighted by molar-refractivity contribution is 7.16. The Labute approximate surface area is 194 Å². The summed E-state index contributed by atoms with van der Waals surface area (Å²) in [6, 6.07) is 21.0. The highest BCUT2D eigenvalue weighted by Crippen LogP contribution is 2.41. The molecule has 3 heterocycles. The number of hydrogen-bond donors (Lipinski definition) is 1. The molecule has 0 bridgehead atoms. The van der Waals surface area contributed by atoms with Gasteiger partial charge < -0.3 is 14.3 Å². The maximum absolute atomic E-state index is 11.5. The van der Waals surface area contributed by atoms with E-state index in [2.05, 4.69) is 0 Å². The fourth-order valence-corrected chi connectivity index (χ4v) is 4.94. The lowest BCUT2D eigenvalue weighted by molar-refractivity contribution is -0.136. The Morgan fingerprint density at radius 3 is 2.58 bits per heavy atom. The second kappa shape index (κ2) is 8.91. The molecule has 0 spiro atoms. The Balaban J connectivity index is 1.57. The number of hydrogen-bond acceptors (Lipinski definition) is 7. The minimum absolute atomic E-state index is 0.101. The number of carbonyl (C=O) groups is 1. The number of rotatable bonds is 7. The van der Waals surface area contributed by atoms with Crippen molar-refractivity contribution in [2.75, 3.05) is 12.1 Å². The smallest absolute Gasteiger partial charge is 0.308 e. The van der Waals surface area contributed by atoms with Gasteiger partial charge in [-0.25, -0.2) is 9.99 Å². The molecule has 1 aliphatic rings. The number of anilines is 1. The van der Waals surface area contributed by atoms with E-state index < -0.39 is 5.97 Å². The Kier molecular flexibility index (Phi) is 5.66. The van der Waals surface area contributed by atoms with Crippen LogP contribution in [-0.4, -0.2) is 28.9 Å². The van der Waals surface area contributed by atoms with Crippen molar-refractivity contribution in [3.63, 3.8) is 0 Å². The number of aliphatic carboxylic acids is 1. The average molecular weight is 460 g/mol. The van der Waals surface area contributed by atoms with Crippen LogP contribution >= 0.6 is 11.3 Å². The van der Waals surface area contributed by atoms with Crippen molar-refractivity contribution in [3.8, 4) is 17.0 Å². The number of benzene rings is 2. The molecule has 0 unspecified atom stereocenters. The van der Waals surface area contributed by atoms with E-state index in [4.69, 9.17) is 19.2 Å². The number of methoxy groups -OCH3 is 1. The molecule has 33 heavy (non-hydrogen) atoms. The van der Waals surface area contributed by atoms with Crippen LogP contribution in [0.15, 0.2) is 82.5 Å². The molecule has 0 saturated heterocycles. The molecular formula is C25H21N3O4S. The zero-order valence-corrected chi connectivity index (χ0v) is 18.7. The van der Waals surface area contributed by atoms with E-state index in [0.717, 1.165) is 28.3 Å². The summed E-state index contributed by atoms with van der Waals surface area (Å²) in [5.74, 6) is 0.662. The number of thiazole rings is 1. The molecule has 1 atom stereocenters. The number of aromatic nitrogens is 1. The fourth-order valence-electron chi connectivity index (χ4n) is 3.86. The second-order valence-electron chi connectivity index (χ2n) is 7.56. The molecule has 1 aliphatic heterocycles. The van der Waals surface area contributed by atoms with Crippen LogP contribution in [-0.2, 0) is 11.2 Å². The molecule has 4 aromatic rings. The van der Waals surface area contributed by atoms with Crippen molar-refractivity contribution in [2.24, 2.45) is 5.10 Å². The third kappa shape index (κ3) is 4.25. The van der Waals surface area contributed by atoms with E-state index in [1.165, 1.54) is 11.3 Å². The van der Waals surface area contributed by atoms with Gasteiger partial charge in [0, 0.05) is 16.9 Å². The average Bonchev–Trinajstić information content (AvgIpc) is 3.58. The van der Waals surface area contributed by atoms with Crippen molar-refractivity contribution < 1.29 is 19.1 Å². The summed E-state index contributed by atoms with van der Waals surface area (Å²) in [7, 11) is 1.64. The summed E-state index contributed by atoms with van der Waals surface area (Å²) in [6.45, 7) is 0. The summed E-state index contributed by atoms with van der Waals surface area (Å²) in [5.41, 5.74) is 3.43. The van der Waals surface area contributed by atoms with E-state index in [1.54, 1.807) is 13.4 Å². The number of carboxylic acids is 1. The van der Waals surface area contributed by atoms with Gasteiger partial charge in [0.15, 0.2) is 0 Å². The van der Waals surface area contributed by atoms with Crippen molar-refractivity contribution in [3.05, 3.63) is 89.2 Å². The molecule has 8 heteroatoms. The van der Waals surface area contributed by atoms with Crippen LogP contribution in [0, 0.1) is 0 Å². The molecule has 0 saturated carbocycles. The number of ether oxygens (including phenoxy) is 1. The van der Waals surface area contributed by atoms with Crippen LogP contribution < -0.4 is 9.75 Å². The normalized spacial score (nSPS) is 15.5. The van der Waals surface area contributed by atoms with Crippen LogP contribution in [0.4, 0.5) is 5.13 Å². The molecule has 0 amide bonds. The fraction of sp³-hybridized carbons (Fsp3) is 0.160. The standard InChI is InChI=1S/C25H21N3O4S/c1-31-18-11-9-16(10-12-18)19-14-20(21-8-5-13-32-21)28(27-19)25-26-24(17-6-3-2-4-7-17)22(33-25)15-23(29)30/h2-13,20H,14-15H2,1H3,(H,29,30)/t20-/m1/s1. The molecule has 7 nitrogen and oxygen atoms in total. The lowest BCUT2D eigenvalue weighted by Gasteiger charge is -2.18. The van der Waals surface area contributed by atoms with Gasteiger partial charge in [-0.1, -0.05) is 41.7 Å². The molecule has 166 valence electrons. The lowest BCUT2D eigenvalue weighted by atomic mass is 10.0. The largest absolute Gasteiger partial charge is 0.497 e. The summed E-state index contributed by atoms with van der Waals surface area (Å²) in [5, 5.41) is 16.8. The van der Waals surface area contributed by atoms with Gasteiger partial charge in [-0.05, 0) is 42.0 Å². The molecule has 2 aromatic heterocycles. The third-order valence-corrected chi connectivity index (χ3v) is 6.49. The van der Waals surface area contributed by atoms with Crippen LogP contribution in [0.5, 0.6) is 5.75 Å². The monoisotopic (exact) mass is 459 g/mol. The first-order chi connectivity index (χ1) is 16.1. The zero-order chi connectivity index (χ0) is 22.8. The van der Waals surface area contributed by atoms with E-state index >= 15 is 0 Å². The predicted molar refractivity (Wildman–Crippen MR) is 127 cm³/mol. The van der Waals surface area contributed by atoms with Gasteiger partial charge in [-0.15, -0.1) is 0 Å². The molecule has 0 radical (unpaired) electrons. The van der Waals surface area contributed by atoms with Crippen LogP contribution in [0.25, 0.3) is 11.3 Å². The van der Waals surface area contributed by atoms with E-state index in [1.807, 2.05) is 71.7 Å². The van der Waals surface area contributed by atoms with Gasteiger partial charge in [-0.2, -0.15) is 5.10 Å². The molecule has 2 aromatic carbocycles. The van der Waals surface area contributed by atoms with Gasteiger partial charge in [-0.3, -0.25) is 4.79 Å². The topological polar surface area (TPSA) is 88.2 Å². The number of furan rings is 1. The maximum Gasteiger partial charge on any atom is 0.308 e. The Hall–Kier alpha value is -3.91. The van der Waals surface area contributed by atoms with Crippen molar-refractivity contribution in [1.29, 1.82) is 0 Å². The van der Waals surface area contributed by atoms with Crippen LogP contribution in [0.1, 0.15) is 28.7 Å². The van der Waals surface area contributed by atoms with Crippen molar-refractivity contribution >= 4 is 28.1 Å². The second-order valence-corrected chi connectivity index (χ2v) is 8.62. The van der Waals surface area contributed by atoms with Crippen LogP contribution in [0.2, 0.25) is 0 Å². The predicted octanol–water partition coefficient (Wildman–Crippen LogP) is 5.39. The summed E-state index contributed by atoms with van der Waals surface area (Å²) < 4.78 is 11.0. The highest BCUT2D eigenvalue weighted by atomic mass is 32.1. The third-order valence-electron chi connectivity index (χ3n) is 5.45.